The molecule has 116 valence electrons. The van der Waals surface area contributed by atoms with Crippen LogP contribution in [-0.4, -0.2) is 11.1 Å². The topological polar surface area (TPSA) is 63.6 Å². The van der Waals surface area contributed by atoms with E-state index >= 15 is 0 Å². The van der Waals surface area contributed by atoms with Crippen LogP contribution in [0.5, 0.6) is 0 Å². The summed E-state index contributed by atoms with van der Waals surface area (Å²) in [6, 6.07) is 3.74. The molecule has 2 heterocycles. The zero-order chi connectivity index (χ0) is 16.2. The van der Waals surface area contributed by atoms with Crippen molar-refractivity contribution in [1.29, 1.82) is 0 Å². The van der Waals surface area contributed by atoms with Gasteiger partial charge in [-0.25, -0.2) is 0 Å². The predicted molar refractivity (Wildman–Crippen MR) is 85.7 cm³/mol. The molecule has 2 aromatic heterocycles. The number of halogens is 1. The number of fused-ring (bicyclic) bond motifs is 2. The van der Waals surface area contributed by atoms with Gasteiger partial charge in [-0.2, -0.15) is 0 Å². The van der Waals surface area contributed by atoms with E-state index < -0.39 is 11.4 Å². The Balaban J connectivity index is 2.47. The van der Waals surface area contributed by atoms with Crippen LogP contribution in [0, 0.1) is 13.8 Å². The molecule has 0 radical (unpaired) electrons. The van der Waals surface area contributed by atoms with E-state index in [-0.39, 0.29) is 6.42 Å². The van der Waals surface area contributed by atoms with Crippen molar-refractivity contribution in [3.8, 4) is 0 Å². The summed E-state index contributed by atoms with van der Waals surface area (Å²) in [7, 11) is 0. The number of carbonyl (C=O) groups is 1. The number of carboxylic acids is 1. The number of aryl methyl sites for hydroxylation is 2. The van der Waals surface area contributed by atoms with Crippen molar-refractivity contribution in [3.05, 3.63) is 34.2 Å². The zero-order valence-electron chi connectivity index (χ0n) is 12.9. The van der Waals surface area contributed by atoms with E-state index in [9.17, 15) is 9.90 Å². The van der Waals surface area contributed by atoms with Gasteiger partial charge in [0, 0.05) is 21.8 Å². The smallest absolute Gasteiger partial charge is 0.304 e. The SMILES string of the molecule is Cc1cc2c(C(C)(C)CC(=O)O)c3oc(C)cc3c(Cl)c2o1. The van der Waals surface area contributed by atoms with E-state index in [0.717, 1.165) is 27.9 Å². The van der Waals surface area contributed by atoms with Crippen molar-refractivity contribution in [2.24, 2.45) is 0 Å². The van der Waals surface area contributed by atoms with Gasteiger partial charge >= 0.3 is 5.97 Å². The number of benzene rings is 1. The second kappa shape index (κ2) is 4.78. The number of carboxylic acid groups (broad SMARTS) is 1. The summed E-state index contributed by atoms with van der Waals surface area (Å²) in [4.78, 5) is 11.3. The quantitative estimate of drug-likeness (QED) is 0.720. The Labute approximate surface area is 132 Å². The monoisotopic (exact) mass is 320 g/mol. The van der Waals surface area contributed by atoms with Crippen LogP contribution in [0.1, 0.15) is 37.4 Å². The molecule has 0 amide bonds. The van der Waals surface area contributed by atoms with E-state index in [1.165, 1.54) is 0 Å². The summed E-state index contributed by atoms with van der Waals surface area (Å²) in [5, 5.41) is 11.3. The van der Waals surface area contributed by atoms with E-state index in [2.05, 4.69) is 0 Å². The van der Waals surface area contributed by atoms with Gasteiger partial charge in [-0.3, -0.25) is 4.79 Å². The molecule has 0 fully saturated rings. The lowest BCUT2D eigenvalue weighted by Gasteiger charge is -2.24. The maximum atomic E-state index is 11.3. The fourth-order valence-corrected chi connectivity index (χ4v) is 3.39. The standard InChI is InChI=1S/C17H17ClO4/c1-8-5-10-13(17(3,4)7-12(19)20)15-11(6-9(2)21-15)14(18)16(10)22-8/h5-6H,7H2,1-4H3,(H,19,20). The van der Waals surface area contributed by atoms with Crippen molar-refractivity contribution in [3.63, 3.8) is 0 Å². The van der Waals surface area contributed by atoms with Crippen molar-refractivity contribution in [2.75, 3.05) is 0 Å². The Morgan fingerprint density at radius 3 is 2.27 bits per heavy atom. The lowest BCUT2D eigenvalue weighted by Crippen LogP contribution is -2.22. The summed E-state index contributed by atoms with van der Waals surface area (Å²) < 4.78 is 11.6. The lowest BCUT2D eigenvalue weighted by molar-refractivity contribution is -0.138. The number of aliphatic carboxylic acids is 1. The summed E-state index contributed by atoms with van der Waals surface area (Å²) in [6.45, 7) is 7.47. The second-order valence-electron chi connectivity index (χ2n) is 6.34. The van der Waals surface area contributed by atoms with Crippen LogP contribution in [0.25, 0.3) is 21.9 Å². The maximum Gasteiger partial charge on any atom is 0.304 e. The molecule has 3 rings (SSSR count). The molecule has 1 N–H and O–H groups in total. The highest BCUT2D eigenvalue weighted by molar-refractivity contribution is 6.40. The van der Waals surface area contributed by atoms with Crippen LogP contribution >= 0.6 is 11.6 Å². The average molecular weight is 321 g/mol. The molecule has 0 saturated heterocycles. The van der Waals surface area contributed by atoms with E-state index in [0.29, 0.717) is 16.2 Å². The highest BCUT2D eigenvalue weighted by Gasteiger charge is 2.32. The van der Waals surface area contributed by atoms with Crippen molar-refractivity contribution >= 4 is 39.5 Å². The van der Waals surface area contributed by atoms with Gasteiger partial charge in [0.1, 0.15) is 17.1 Å². The molecular formula is C17H17ClO4. The zero-order valence-corrected chi connectivity index (χ0v) is 13.7. The van der Waals surface area contributed by atoms with Crippen molar-refractivity contribution < 1.29 is 18.7 Å². The van der Waals surface area contributed by atoms with Crippen molar-refractivity contribution in [1.82, 2.24) is 0 Å². The summed E-state index contributed by atoms with van der Waals surface area (Å²) in [5.74, 6) is 0.604. The maximum absolute atomic E-state index is 11.3. The third-order valence-corrected chi connectivity index (χ3v) is 4.29. The van der Waals surface area contributed by atoms with Crippen LogP contribution < -0.4 is 0 Å². The third kappa shape index (κ3) is 2.18. The van der Waals surface area contributed by atoms with Crippen molar-refractivity contribution in [2.45, 2.75) is 39.5 Å². The Morgan fingerprint density at radius 1 is 1.14 bits per heavy atom. The van der Waals surface area contributed by atoms with Gasteiger partial charge in [-0.05, 0) is 26.0 Å². The van der Waals surface area contributed by atoms with Crippen LogP contribution in [0.4, 0.5) is 0 Å². The van der Waals surface area contributed by atoms with E-state index in [4.69, 9.17) is 20.4 Å². The van der Waals surface area contributed by atoms with Gasteiger partial charge < -0.3 is 13.9 Å². The van der Waals surface area contributed by atoms with E-state index in [1.807, 2.05) is 39.8 Å². The van der Waals surface area contributed by atoms with Gasteiger partial charge in [-0.15, -0.1) is 0 Å². The summed E-state index contributed by atoms with van der Waals surface area (Å²) >= 11 is 6.46. The molecule has 0 atom stereocenters. The minimum Gasteiger partial charge on any atom is -0.481 e. The Kier molecular flexibility index (Phi) is 3.25. The predicted octanol–water partition coefficient (Wildman–Crippen LogP) is 5.20. The highest BCUT2D eigenvalue weighted by Crippen LogP contribution is 2.45. The Morgan fingerprint density at radius 2 is 1.68 bits per heavy atom. The Bertz CT molecular complexity index is 841. The fourth-order valence-electron chi connectivity index (χ4n) is 3.11. The van der Waals surface area contributed by atoms with Gasteiger partial charge in [0.2, 0.25) is 0 Å². The summed E-state index contributed by atoms with van der Waals surface area (Å²) in [5.41, 5.74) is 1.44. The number of rotatable bonds is 3. The van der Waals surface area contributed by atoms with Gasteiger partial charge in [0.25, 0.3) is 0 Å². The third-order valence-electron chi connectivity index (χ3n) is 3.91. The fraction of sp³-hybridized carbons (Fsp3) is 0.353. The van der Waals surface area contributed by atoms with E-state index in [1.54, 1.807) is 0 Å². The molecule has 3 aromatic rings. The van der Waals surface area contributed by atoms with Crippen LogP contribution in [0.2, 0.25) is 5.02 Å². The second-order valence-corrected chi connectivity index (χ2v) is 6.72. The molecule has 0 unspecified atom stereocenters. The molecule has 1 aromatic carbocycles. The van der Waals surface area contributed by atoms with Crippen LogP contribution in [0.3, 0.4) is 0 Å². The molecule has 0 aliphatic carbocycles. The molecule has 5 heteroatoms. The van der Waals surface area contributed by atoms with Gasteiger partial charge in [0.05, 0.1) is 11.4 Å². The van der Waals surface area contributed by atoms with Gasteiger partial charge in [-0.1, -0.05) is 25.4 Å². The molecule has 0 spiro atoms. The molecule has 4 nitrogen and oxygen atoms in total. The molecule has 0 aliphatic heterocycles. The number of hydrogen-bond acceptors (Lipinski definition) is 3. The van der Waals surface area contributed by atoms with Gasteiger partial charge in [0.15, 0.2) is 5.58 Å². The normalized spacial score (nSPS) is 12.4. The highest BCUT2D eigenvalue weighted by atomic mass is 35.5. The van der Waals surface area contributed by atoms with Crippen LogP contribution in [0.15, 0.2) is 21.0 Å². The first-order valence-corrected chi connectivity index (χ1v) is 7.42. The average Bonchev–Trinajstić information content (AvgIpc) is 2.90. The lowest BCUT2D eigenvalue weighted by atomic mass is 9.79. The first-order valence-electron chi connectivity index (χ1n) is 7.05. The first-order chi connectivity index (χ1) is 10.2. The van der Waals surface area contributed by atoms with Crippen LogP contribution in [-0.2, 0) is 10.2 Å². The number of furan rings is 2. The molecule has 0 saturated carbocycles. The molecule has 0 bridgehead atoms. The first kappa shape index (κ1) is 15.0. The minimum absolute atomic E-state index is 0.0111. The summed E-state index contributed by atoms with van der Waals surface area (Å²) in [6.07, 6.45) is -0.0111. The molecular weight excluding hydrogens is 304 g/mol. The largest absolute Gasteiger partial charge is 0.481 e. The minimum atomic E-state index is -0.857. The molecule has 0 aliphatic rings. The molecule has 22 heavy (non-hydrogen) atoms. The Hall–Kier alpha value is -1.94. The number of hydrogen-bond donors (Lipinski definition) is 1.